The second-order valence-corrected chi connectivity index (χ2v) is 7.46. The van der Waals surface area contributed by atoms with Crippen LogP contribution in [0.2, 0.25) is 0 Å². The van der Waals surface area contributed by atoms with Crippen LogP contribution < -0.4 is 5.32 Å². The Labute approximate surface area is 130 Å². The Morgan fingerprint density at radius 1 is 1.24 bits per heavy atom. The molecule has 0 aromatic heterocycles. The van der Waals surface area contributed by atoms with E-state index < -0.39 is 0 Å². The fourth-order valence-corrected chi connectivity index (χ4v) is 3.38. The van der Waals surface area contributed by atoms with Crippen LogP contribution in [0, 0.1) is 5.92 Å². The van der Waals surface area contributed by atoms with Crippen LogP contribution in [-0.4, -0.2) is 26.8 Å². The molecule has 0 aliphatic heterocycles. The molecule has 2 heteroatoms. The van der Waals surface area contributed by atoms with E-state index in [4.69, 9.17) is 4.74 Å². The summed E-state index contributed by atoms with van der Waals surface area (Å²) in [6.45, 7) is 11.9. The molecule has 0 amide bonds. The Bertz CT molecular complexity index is 446. The summed E-state index contributed by atoms with van der Waals surface area (Å²) in [6, 6.07) is 9.34. The van der Waals surface area contributed by atoms with Gasteiger partial charge in [-0.2, -0.15) is 0 Å². The monoisotopic (exact) mass is 289 g/mol. The number of hydrogen-bond donors (Lipinski definition) is 1. The van der Waals surface area contributed by atoms with Gasteiger partial charge in [0.15, 0.2) is 0 Å². The second kappa shape index (κ2) is 6.50. The average Bonchev–Trinajstić information content (AvgIpc) is 3.18. The topological polar surface area (TPSA) is 21.3 Å². The van der Waals surface area contributed by atoms with E-state index in [2.05, 4.69) is 57.3 Å². The minimum Gasteiger partial charge on any atom is -0.383 e. The van der Waals surface area contributed by atoms with Crippen molar-refractivity contribution < 1.29 is 4.74 Å². The molecule has 1 aromatic carbocycles. The van der Waals surface area contributed by atoms with E-state index >= 15 is 0 Å². The lowest BCUT2D eigenvalue weighted by Gasteiger charge is -2.22. The van der Waals surface area contributed by atoms with Gasteiger partial charge in [0, 0.05) is 25.6 Å². The zero-order valence-corrected chi connectivity index (χ0v) is 14.3. The lowest BCUT2D eigenvalue weighted by molar-refractivity contribution is 0.198. The number of rotatable bonds is 7. The summed E-state index contributed by atoms with van der Waals surface area (Å²) in [7, 11) is 1.76. The standard InChI is InChI=1S/C19H31NO/c1-6-15-13-19(15,14-20-11-12-21-5)17-9-7-16(8-10-17)18(2,3)4/h7-10,15,20H,6,11-14H2,1-5H3. The van der Waals surface area contributed by atoms with Crippen molar-refractivity contribution in [2.75, 3.05) is 26.8 Å². The van der Waals surface area contributed by atoms with Gasteiger partial charge in [-0.1, -0.05) is 58.4 Å². The van der Waals surface area contributed by atoms with E-state index in [0.717, 1.165) is 25.6 Å². The third-order valence-corrected chi connectivity index (χ3v) is 4.97. The minimum atomic E-state index is 0.232. The molecule has 2 nitrogen and oxygen atoms in total. The first-order valence-corrected chi connectivity index (χ1v) is 8.24. The Morgan fingerprint density at radius 2 is 1.90 bits per heavy atom. The summed E-state index contributed by atoms with van der Waals surface area (Å²) in [6.07, 6.45) is 2.59. The van der Waals surface area contributed by atoms with E-state index in [1.54, 1.807) is 7.11 Å². The minimum absolute atomic E-state index is 0.232. The Hall–Kier alpha value is -0.860. The van der Waals surface area contributed by atoms with Crippen LogP contribution in [0.15, 0.2) is 24.3 Å². The maximum atomic E-state index is 5.13. The zero-order valence-electron chi connectivity index (χ0n) is 14.3. The maximum Gasteiger partial charge on any atom is 0.0587 e. The molecular formula is C19H31NO. The summed E-state index contributed by atoms with van der Waals surface area (Å²) >= 11 is 0. The largest absolute Gasteiger partial charge is 0.383 e. The van der Waals surface area contributed by atoms with Gasteiger partial charge in [0.25, 0.3) is 0 Å². The van der Waals surface area contributed by atoms with Crippen LogP contribution >= 0.6 is 0 Å². The van der Waals surface area contributed by atoms with Crippen molar-refractivity contribution in [2.45, 2.75) is 51.4 Å². The van der Waals surface area contributed by atoms with Crippen molar-refractivity contribution in [1.82, 2.24) is 5.32 Å². The third kappa shape index (κ3) is 3.67. The van der Waals surface area contributed by atoms with Crippen molar-refractivity contribution in [1.29, 1.82) is 0 Å². The SMILES string of the molecule is CCC1CC1(CNCCOC)c1ccc(C(C)(C)C)cc1. The van der Waals surface area contributed by atoms with Crippen LogP contribution in [0.25, 0.3) is 0 Å². The van der Waals surface area contributed by atoms with Gasteiger partial charge >= 0.3 is 0 Å². The smallest absolute Gasteiger partial charge is 0.0587 e. The summed E-state index contributed by atoms with van der Waals surface area (Å²) in [4.78, 5) is 0. The molecule has 1 saturated carbocycles. The molecule has 0 saturated heterocycles. The molecule has 2 atom stereocenters. The number of methoxy groups -OCH3 is 1. The van der Waals surface area contributed by atoms with Crippen molar-refractivity contribution in [3.05, 3.63) is 35.4 Å². The van der Waals surface area contributed by atoms with Crippen LogP contribution in [0.1, 0.15) is 51.7 Å². The lowest BCUT2D eigenvalue weighted by Crippen LogP contribution is -2.31. The lowest BCUT2D eigenvalue weighted by atomic mass is 9.84. The highest BCUT2D eigenvalue weighted by Crippen LogP contribution is 2.55. The summed E-state index contributed by atoms with van der Waals surface area (Å²) in [5, 5.41) is 3.57. The molecule has 118 valence electrons. The first-order valence-electron chi connectivity index (χ1n) is 8.24. The molecule has 1 aliphatic carbocycles. The predicted octanol–water partition coefficient (Wildman–Crippen LogP) is 3.89. The molecule has 0 heterocycles. The van der Waals surface area contributed by atoms with E-state index in [-0.39, 0.29) is 5.41 Å². The first kappa shape index (κ1) is 16.5. The van der Waals surface area contributed by atoms with E-state index in [0.29, 0.717) is 5.41 Å². The van der Waals surface area contributed by atoms with E-state index in [1.807, 2.05) is 0 Å². The van der Waals surface area contributed by atoms with Gasteiger partial charge in [-0.05, 0) is 28.9 Å². The molecular weight excluding hydrogens is 258 g/mol. The van der Waals surface area contributed by atoms with Crippen LogP contribution in [0.3, 0.4) is 0 Å². The van der Waals surface area contributed by atoms with Gasteiger partial charge in [0.2, 0.25) is 0 Å². The predicted molar refractivity (Wildman–Crippen MR) is 90.0 cm³/mol. The van der Waals surface area contributed by atoms with Crippen LogP contribution in [0.4, 0.5) is 0 Å². The number of ether oxygens (including phenoxy) is 1. The molecule has 1 N–H and O–H groups in total. The van der Waals surface area contributed by atoms with Crippen LogP contribution in [-0.2, 0) is 15.6 Å². The molecule has 0 spiro atoms. The van der Waals surface area contributed by atoms with E-state index in [9.17, 15) is 0 Å². The molecule has 0 bridgehead atoms. The summed E-state index contributed by atoms with van der Waals surface area (Å²) < 4.78 is 5.13. The highest BCUT2D eigenvalue weighted by molar-refractivity contribution is 5.38. The quantitative estimate of drug-likeness (QED) is 0.769. The normalized spacial score (nSPS) is 25.1. The fourth-order valence-electron chi connectivity index (χ4n) is 3.38. The van der Waals surface area contributed by atoms with E-state index in [1.165, 1.54) is 24.0 Å². The van der Waals surface area contributed by atoms with Gasteiger partial charge in [-0.25, -0.2) is 0 Å². The molecule has 2 unspecified atom stereocenters. The molecule has 2 rings (SSSR count). The molecule has 1 aliphatic rings. The van der Waals surface area contributed by atoms with Crippen LogP contribution in [0.5, 0.6) is 0 Å². The van der Waals surface area contributed by atoms with Gasteiger partial charge in [0.1, 0.15) is 0 Å². The average molecular weight is 289 g/mol. The first-order chi connectivity index (χ1) is 9.94. The third-order valence-electron chi connectivity index (χ3n) is 4.97. The van der Waals surface area contributed by atoms with Crippen molar-refractivity contribution >= 4 is 0 Å². The van der Waals surface area contributed by atoms with Gasteiger partial charge in [-0.3, -0.25) is 0 Å². The fraction of sp³-hybridized carbons (Fsp3) is 0.684. The van der Waals surface area contributed by atoms with Gasteiger partial charge < -0.3 is 10.1 Å². The highest BCUT2D eigenvalue weighted by atomic mass is 16.5. The number of nitrogens with one attached hydrogen (secondary N) is 1. The Morgan fingerprint density at radius 3 is 2.38 bits per heavy atom. The maximum absolute atomic E-state index is 5.13. The van der Waals surface area contributed by atoms with Crippen molar-refractivity contribution in [2.24, 2.45) is 5.92 Å². The second-order valence-electron chi connectivity index (χ2n) is 7.46. The molecule has 0 radical (unpaired) electrons. The zero-order chi connectivity index (χ0) is 15.5. The van der Waals surface area contributed by atoms with Crippen molar-refractivity contribution in [3.63, 3.8) is 0 Å². The summed E-state index contributed by atoms with van der Waals surface area (Å²) in [5.41, 5.74) is 3.52. The van der Waals surface area contributed by atoms with Gasteiger partial charge in [-0.15, -0.1) is 0 Å². The number of benzene rings is 1. The molecule has 1 aromatic rings. The Kier molecular flexibility index (Phi) is 5.11. The molecule has 1 fully saturated rings. The van der Waals surface area contributed by atoms with Crippen molar-refractivity contribution in [3.8, 4) is 0 Å². The van der Waals surface area contributed by atoms with Gasteiger partial charge in [0.05, 0.1) is 6.61 Å². The Balaban J connectivity index is 2.08. The summed E-state index contributed by atoms with van der Waals surface area (Å²) in [5.74, 6) is 0.827. The molecule has 21 heavy (non-hydrogen) atoms. The number of hydrogen-bond acceptors (Lipinski definition) is 2. The highest BCUT2D eigenvalue weighted by Gasteiger charge is 2.53.